The Morgan fingerprint density at radius 3 is 2.21 bits per heavy atom. The van der Waals surface area contributed by atoms with Gasteiger partial charge >= 0.3 is 0 Å². The lowest BCUT2D eigenvalue weighted by atomic mass is 9.49. The van der Waals surface area contributed by atoms with Gasteiger partial charge in [-0.05, 0) is 80.5 Å². The molecule has 2 N–H and O–H groups in total. The molecule has 17 heteroatoms. The molecule has 4 heterocycles. The van der Waals surface area contributed by atoms with Crippen molar-refractivity contribution in [1.29, 1.82) is 5.26 Å². The van der Waals surface area contributed by atoms with E-state index in [-0.39, 0.29) is 65.0 Å². The van der Waals surface area contributed by atoms with Gasteiger partial charge in [-0.25, -0.2) is 9.97 Å². The fraction of sp³-hybridized carbons (Fsp3) is 0.560. The number of anilines is 1. The van der Waals surface area contributed by atoms with Crippen molar-refractivity contribution in [2.24, 2.45) is 16.7 Å². The Balaban J connectivity index is 0.820. The summed E-state index contributed by atoms with van der Waals surface area (Å²) in [5.74, 6) is -0.142. The number of benzene rings is 2. The molecular formula is C50H62N8O9. The van der Waals surface area contributed by atoms with Crippen molar-refractivity contribution in [2.75, 3.05) is 58.0 Å². The van der Waals surface area contributed by atoms with Crippen LogP contribution in [0.2, 0.25) is 0 Å². The lowest BCUT2D eigenvalue weighted by Crippen LogP contribution is -2.74. The lowest BCUT2D eigenvalue weighted by molar-refractivity contribution is -0.164. The summed E-state index contributed by atoms with van der Waals surface area (Å²) in [4.78, 5) is 79.2. The molecule has 1 unspecified atom stereocenters. The zero-order chi connectivity index (χ0) is 47.8. The van der Waals surface area contributed by atoms with Crippen LogP contribution in [0.1, 0.15) is 114 Å². The molecule has 2 aliphatic carbocycles. The lowest BCUT2D eigenvalue weighted by Gasteiger charge is -2.63. The first-order valence-electron chi connectivity index (χ1n) is 23.4. The minimum absolute atomic E-state index is 0.0599. The average molecular weight is 919 g/mol. The highest BCUT2D eigenvalue weighted by atomic mass is 16.5. The summed E-state index contributed by atoms with van der Waals surface area (Å²) in [6.45, 7) is 17.1. The molecule has 1 atom stereocenters. The van der Waals surface area contributed by atoms with Gasteiger partial charge in [0.2, 0.25) is 17.8 Å². The second-order valence-electron chi connectivity index (χ2n) is 19.9. The standard InChI is InChI=1S/C50H62N8O9/c1-29-20-35(21-30(2)39(29)25-51)67-47-49(3,4)46(50(47,5)6)55-42(60)32-26-52-48(53-27-32)56-14-12-31(13-15-56)28-57(16-17-65-19-18-64-7)33-22-36(23-33)66-34-8-9-37-38(24-34)45(63)58(44(37)62)40-10-11-41(59)54-43(40)61/h8-9,20-21,24,26-27,31,33,36,40,46-47H,10-19,22-23,28H2,1-7H3,(H,55,60)(H,54,59,61). The van der Waals surface area contributed by atoms with E-state index in [4.69, 9.17) is 18.9 Å². The van der Waals surface area contributed by atoms with Crippen LogP contribution < -0.4 is 25.0 Å². The Kier molecular flexibility index (Phi) is 13.7. The van der Waals surface area contributed by atoms with E-state index in [9.17, 15) is 29.2 Å². The first-order valence-corrected chi connectivity index (χ1v) is 23.4. The molecule has 17 nitrogen and oxygen atoms in total. The van der Waals surface area contributed by atoms with E-state index in [0.29, 0.717) is 48.6 Å². The minimum Gasteiger partial charge on any atom is -0.490 e. The molecule has 0 spiro atoms. The number of hydrogen-bond donors (Lipinski definition) is 2. The largest absolute Gasteiger partial charge is 0.490 e. The third-order valence-electron chi connectivity index (χ3n) is 14.5. The van der Waals surface area contributed by atoms with E-state index in [1.165, 1.54) is 0 Å². The Morgan fingerprint density at radius 1 is 0.896 bits per heavy atom. The summed E-state index contributed by atoms with van der Waals surface area (Å²) in [6.07, 6.45) is 6.61. The van der Waals surface area contributed by atoms with Gasteiger partial charge in [0.15, 0.2) is 0 Å². The van der Waals surface area contributed by atoms with Crippen LogP contribution in [0.4, 0.5) is 5.95 Å². The molecule has 1 aromatic heterocycles. The van der Waals surface area contributed by atoms with Crippen molar-refractivity contribution >= 4 is 35.5 Å². The van der Waals surface area contributed by atoms with Gasteiger partial charge in [0.05, 0.1) is 48.1 Å². The number of piperidine rings is 2. The second-order valence-corrected chi connectivity index (χ2v) is 19.9. The summed E-state index contributed by atoms with van der Waals surface area (Å²) < 4.78 is 23.9. The molecule has 3 aromatic rings. The Bertz CT molecular complexity index is 2400. The Morgan fingerprint density at radius 2 is 1.57 bits per heavy atom. The number of hydrogen-bond acceptors (Lipinski definition) is 14. The quantitative estimate of drug-likeness (QED) is 0.138. The smallest absolute Gasteiger partial charge is 0.262 e. The van der Waals surface area contributed by atoms with Crippen molar-refractivity contribution < 1.29 is 42.9 Å². The molecule has 4 fully saturated rings. The number of methoxy groups -OCH3 is 1. The number of aromatic nitrogens is 2. The highest BCUT2D eigenvalue weighted by Crippen LogP contribution is 2.55. The number of carbonyl (C=O) groups is 5. The first kappa shape index (κ1) is 47.5. The van der Waals surface area contributed by atoms with Crippen molar-refractivity contribution in [2.45, 2.75) is 110 Å². The zero-order valence-electron chi connectivity index (χ0n) is 39.6. The number of nitrogens with one attached hydrogen (secondary N) is 2. The van der Waals surface area contributed by atoms with Gasteiger partial charge < -0.3 is 29.2 Å². The summed E-state index contributed by atoms with van der Waals surface area (Å²) in [6, 6.07) is 10.0. The van der Waals surface area contributed by atoms with E-state index in [0.717, 1.165) is 73.6 Å². The predicted octanol–water partition coefficient (Wildman–Crippen LogP) is 4.77. The van der Waals surface area contributed by atoms with Gasteiger partial charge in [-0.1, -0.05) is 27.7 Å². The third kappa shape index (κ3) is 9.61. The van der Waals surface area contributed by atoms with Crippen molar-refractivity contribution in [3.05, 3.63) is 76.1 Å². The highest BCUT2D eigenvalue weighted by Gasteiger charge is 2.64. The van der Waals surface area contributed by atoms with Crippen LogP contribution in [-0.4, -0.2) is 133 Å². The Hall–Kier alpha value is -5.96. The predicted molar refractivity (Wildman–Crippen MR) is 246 cm³/mol. The van der Waals surface area contributed by atoms with Crippen LogP contribution in [0, 0.1) is 41.9 Å². The van der Waals surface area contributed by atoms with E-state index in [2.05, 4.69) is 64.2 Å². The number of nitrogens with zero attached hydrogens (tertiary/aromatic N) is 6. The second kappa shape index (κ2) is 19.3. The van der Waals surface area contributed by atoms with Crippen LogP contribution in [0.5, 0.6) is 11.5 Å². The van der Waals surface area contributed by atoms with Crippen LogP contribution >= 0.6 is 0 Å². The molecule has 5 aliphatic rings. The van der Waals surface area contributed by atoms with Gasteiger partial charge in [0.1, 0.15) is 29.7 Å². The number of nitriles is 1. The van der Waals surface area contributed by atoms with Crippen molar-refractivity contribution in [1.82, 2.24) is 30.4 Å². The summed E-state index contributed by atoms with van der Waals surface area (Å²) in [5.41, 5.74) is 2.48. The van der Waals surface area contributed by atoms with Crippen molar-refractivity contribution in [3.63, 3.8) is 0 Å². The van der Waals surface area contributed by atoms with Gasteiger partial charge in [-0.15, -0.1) is 0 Å². The van der Waals surface area contributed by atoms with E-state index in [1.54, 1.807) is 37.7 Å². The topological polar surface area (TPSA) is 206 Å². The van der Waals surface area contributed by atoms with Crippen LogP contribution in [0.15, 0.2) is 42.7 Å². The van der Waals surface area contributed by atoms with Gasteiger partial charge in [0, 0.05) is 87.9 Å². The maximum atomic E-state index is 13.6. The SMILES string of the molecule is COCCOCCN(CC1CCN(c2ncc(C(=O)NC3C(C)(C)C(Oc4cc(C)c(C#N)c(C)c4)C3(C)C)cn2)CC1)C1CC(Oc2ccc3c(c2)C(=O)N(C2CCC(=O)NC2=O)C3=O)C1. The fourth-order valence-corrected chi connectivity index (χ4v) is 11.1. The molecule has 3 aliphatic heterocycles. The van der Waals surface area contributed by atoms with Crippen LogP contribution in [0.3, 0.4) is 0 Å². The average Bonchev–Trinajstić information content (AvgIpc) is 3.52. The van der Waals surface area contributed by atoms with Crippen LogP contribution in [-0.2, 0) is 19.1 Å². The molecule has 2 saturated carbocycles. The number of carbonyl (C=O) groups excluding carboxylic acids is 5. The fourth-order valence-electron chi connectivity index (χ4n) is 11.1. The number of fused-ring (bicyclic) bond motifs is 1. The van der Waals surface area contributed by atoms with E-state index in [1.807, 2.05) is 26.0 Å². The molecular weight excluding hydrogens is 857 g/mol. The zero-order valence-corrected chi connectivity index (χ0v) is 39.6. The molecule has 2 saturated heterocycles. The van der Waals surface area contributed by atoms with Gasteiger partial charge in [0.25, 0.3) is 17.7 Å². The third-order valence-corrected chi connectivity index (χ3v) is 14.5. The van der Waals surface area contributed by atoms with Gasteiger partial charge in [-0.3, -0.25) is 39.1 Å². The summed E-state index contributed by atoms with van der Waals surface area (Å²) in [7, 11) is 1.65. The molecule has 356 valence electrons. The van der Waals surface area contributed by atoms with E-state index < -0.39 is 29.7 Å². The number of rotatable bonds is 17. The van der Waals surface area contributed by atoms with Crippen molar-refractivity contribution in [3.8, 4) is 17.6 Å². The Labute approximate surface area is 391 Å². The minimum atomic E-state index is -1.02. The molecule has 0 bridgehead atoms. The summed E-state index contributed by atoms with van der Waals surface area (Å²) >= 11 is 0. The maximum absolute atomic E-state index is 13.6. The number of amides is 5. The number of aryl methyl sites for hydroxylation is 2. The molecule has 2 aromatic carbocycles. The van der Waals surface area contributed by atoms with Crippen LogP contribution in [0.25, 0.3) is 0 Å². The highest BCUT2D eigenvalue weighted by molar-refractivity contribution is 6.23. The number of ether oxygens (including phenoxy) is 4. The van der Waals surface area contributed by atoms with Gasteiger partial charge in [-0.2, -0.15) is 5.26 Å². The summed E-state index contributed by atoms with van der Waals surface area (Å²) in [5, 5.41) is 15.0. The molecule has 8 rings (SSSR count). The maximum Gasteiger partial charge on any atom is 0.262 e. The van der Waals surface area contributed by atoms with E-state index >= 15 is 0 Å². The monoisotopic (exact) mass is 918 g/mol. The molecule has 67 heavy (non-hydrogen) atoms. The molecule has 0 radical (unpaired) electrons. The normalized spacial score (nSPS) is 24.4. The first-order chi connectivity index (χ1) is 32.0. The molecule has 5 amide bonds. The number of imide groups is 2.